The molecule has 0 radical (unpaired) electrons. The van der Waals surface area contributed by atoms with Gasteiger partial charge in [0.2, 0.25) is 11.4 Å². The van der Waals surface area contributed by atoms with Gasteiger partial charge in [-0.2, -0.15) is 15.5 Å². The van der Waals surface area contributed by atoms with Crippen molar-refractivity contribution in [1.82, 2.24) is 20.5 Å². The lowest BCUT2D eigenvalue weighted by atomic mass is 10.3. The monoisotopic (exact) mass is 188 g/mol. The zero-order valence-electron chi connectivity index (χ0n) is 6.50. The third-order valence-electron chi connectivity index (χ3n) is 1.32. The van der Waals surface area contributed by atoms with Crippen molar-refractivity contribution in [3.8, 4) is 23.7 Å². The normalized spacial score (nSPS) is 9.29. The summed E-state index contributed by atoms with van der Waals surface area (Å²) in [5.41, 5.74) is -0.0420. The summed E-state index contributed by atoms with van der Waals surface area (Å²) in [6.45, 7) is 0. The summed E-state index contributed by atoms with van der Waals surface area (Å²) in [5.74, 6) is -0.216. The standard InChI is InChI=1S/C6N6O2/c7-1-3-5(12-14-10-3)6-9-4(2-8)11-13-6. The van der Waals surface area contributed by atoms with Crippen LogP contribution in [0.5, 0.6) is 0 Å². The van der Waals surface area contributed by atoms with Crippen LogP contribution >= 0.6 is 0 Å². The van der Waals surface area contributed by atoms with Gasteiger partial charge in [-0.15, -0.1) is 0 Å². The molecule has 0 aromatic carbocycles. The van der Waals surface area contributed by atoms with Crippen LogP contribution in [-0.2, 0) is 0 Å². The average Bonchev–Trinajstić information content (AvgIpc) is 2.85. The van der Waals surface area contributed by atoms with E-state index in [0.717, 1.165) is 0 Å². The van der Waals surface area contributed by atoms with Gasteiger partial charge in [-0.05, 0) is 15.5 Å². The van der Waals surface area contributed by atoms with E-state index in [0.29, 0.717) is 0 Å². The summed E-state index contributed by atoms with van der Waals surface area (Å²) in [5, 5.41) is 27.0. The number of hydrogen-bond donors (Lipinski definition) is 0. The summed E-state index contributed by atoms with van der Waals surface area (Å²) < 4.78 is 8.95. The van der Waals surface area contributed by atoms with Gasteiger partial charge in [0.15, 0.2) is 0 Å². The van der Waals surface area contributed by atoms with E-state index < -0.39 is 0 Å². The first kappa shape index (κ1) is 7.89. The molecule has 8 nitrogen and oxygen atoms in total. The SMILES string of the molecule is N#Cc1noc(-c2nonc2C#N)n1. The predicted octanol–water partition coefficient (Wildman–Crippen LogP) is -0.137. The molecule has 0 atom stereocenters. The Morgan fingerprint density at radius 3 is 2.57 bits per heavy atom. The molecule has 0 bridgehead atoms. The van der Waals surface area contributed by atoms with Gasteiger partial charge in [-0.1, -0.05) is 0 Å². The smallest absolute Gasteiger partial charge is 0.284 e. The predicted molar refractivity (Wildman–Crippen MR) is 37.0 cm³/mol. The second-order valence-electron chi connectivity index (χ2n) is 2.11. The van der Waals surface area contributed by atoms with E-state index in [1.807, 2.05) is 0 Å². The van der Waals surface area contributed by atoms with Crippen LogP contribution in [-0.4, -0.2) is 20.5 Å². The molecule has 0 aliphatic rings. The summed E-state index contributed by atoms with van der Waals surface area (Å²) >= 11 is 0. The van der Waals surface area contributed by atoms with Crippen molar-refractivity contribution in [2.75, 3.05) is 0 Å². The molecule has 0 fully saturated rings. The van der Waals surface area contributed by atoms with Gasteiger partial charge in [0, 0.05) is 0 Å². The lowest BCUT2D eigenvalue weighted by molar-refractivity contribution is 0.305. The molecule has 0 amide bonds. The minimum atomic E-state index is -0.146. The highest BCUT2D eigenvalue weighted by Crippen LogP contribution is 2.16. The molecule has 2 aromatic heterocycles. The van der Waals surface area contributed by atoms with Crippen LogP contribution < -0.4 is 0 Å². The van der Waals surface area contributed by atoms with Crippen LogP contribution in [0.2, 0.25) is 0 Å². The molecule has 14 heavy (non-hydrogen) atoms. The Morgan fingerprint density at radius 2 is 1.93 bits per heavy atom. The maximum atomic E-state index is 8.57. The summed E-state index contributed by atoms with van der Waals surface area (Å²) in [7, 11) is 0. The van der Waals surface area contributed by atoms with E-state index in [1.165, 1.54) is 0 Å². The fourth-order valence-corrected chi connectivity index (χ4v) is 0.767. The van der Waals surface area contributed by atoms with E-state index in [4.69, 9.17) is 10.5 Å². The van der Waals surface area contributed by atoms with Crippen molar-refractivity contribution in [2.45, 2.75) is 0 Å². The van der Waals surface area contributed by atoms with Crippen molar-refractivity contribution in [3.63, 3.8) is 0 Å². The van der Waals surface area contributed by atoms with Crippen LogP contribution in [0, 0.1) is 22.7 Å². The van der Waals surface area contributed by atoms with Crippen molar-refractivity contribution in [2.24, 2.45) is 0 Å². The first-order valence-electron chi connectivity index (χ1n) is 3.32. The molecule has 0 saturated carbocycles. The molecule has 2 rings (SSSR count). The van der Waals surface area contributed by atoms with Gasteiger partial charge in [-0.3, -0.25) is 0 Å². The number of nitriles is 2. The molecule has 2 aromatic rings. The largest absolute Gasteiger partial charge is 0.331 e. The zero-order chi connectivity index (χ0) is 9.97. The summed E-state index contributed by atoms with van der Waals surface area (Å²) in [6, 6.07) is 3.39. The van der Waals surface area contributed by atoms with Gasteiger partial charge >= 0.3 is 0 Å². The topological polar surface area (TPSA) is 125 Å². The zero-order valence-corrected chi connectivity index (χ0v) is 6.50. The third-order valence-corrected chi connectivity index (χ3v) is 1.32. The first-order chi connectivity index (χ1) is 6.85. The number of aromatic nitrogens is 4. The fourth-order valence-electron chi connectivity index (χ4n) is 0.767. The van der Waals surface area contributed by atoms with E-state index in [2.05, 4.69) is 29.6 Å². The molecule has 0 unspecified atom stereocenters. The molecular formula is C6N6O2. The molecule has 2 heterocycles. The fraction of sp³-hybridized carbons (Fsp3) is 0. The van der Waals surface area contributed by atoms with Crippen LogP contribution in [0.3, 0.4) is 0 Å². The first-order valence-corrected chi connectivity index (χ1v) is 3.32. The second-order valence-corrected chi connectivity index (χ2v) is 2.11. The molecule has 0 aliphatic carbocycles. The van der Waals surface area contributed by atoms with Gasteiger partial charge in [0.05, 0.1) is 0 Å². The van der Waals surface area contributed by atoms with Gasteiger partial charge < -0.3 is 4.52 Å². The maximum Gasteiger partial charge on any atom is 0.284 e. The van der Waals surface area contributed by atoms with Crippen LogP contribution in [0.15, 0.2) is 9.15 Å². The minimum Gasteiger partial charge on any atom is -0.331 e. The quantitative estimate of drug-likeness (QED) is 0.605. The van der Waals surface area contributed by atoms with Crippen molar-refractivity contribution < 1.29 is 9.15 Å². The van der Waals surface area contributed by atoms with Crippen LogP contribution in [0.25, 0.3) is 11.6 Å². The Morgan fingerprint density at radius 1 is 1.07 bits per heavy atom. The Kier molecular flexibility index (Phi) is 1.66. The number of hydrogen-bond acceptors (Lipinski definition) is 8. The molecule has 0 N–H and O–H groups in total. The summed E-state index contributed by atoms with van der Waals surface area (Å²) in [4.78, 5) is 3.63. The van der Waals surface area contributed by atoms with Gasteiger partial charge in [-0.25, -0.2) is 4.63 Å². The van der Waals surface area contributed by atoms with Crippen LogP contribution in [0.1, 0.15) is 11.5 Å². The lowest BCUT2D eigenvalue weighted by Crippen LogP contribution is -1.82. The number of rotatable bonds is 1. The van der Waals surface area contributed by atoms with Crippen molar-refractivity contribution in [1.29, 1.82) is 10.5 Å². The molecule has 0 aliphatic heterocycles. The molecular weight excluding hydrogens is 188 g/mol. The molecule has 0 saturated heterocycles. The van der Waals surface area contributed by atoms with Gasteiger partial charge in [0.25, 0.3) is 11.7 Å². The van der Waals surface area contributed by atoms with E-state index >= 15 is 0 Å². The Labute approximate surface area is 76.3 Å². The van der Waals surface area contributed by atoms with Crippen LogP contribution in [0.4, 0.5) is 0 Å². The second kappa shape index (κ2) is 2.95. The Balaban J connectivity index is 2.51. The highest BCUT2D eigenvalue weighted by molar-refractivity contribution is 5.53. The average molecular weight is 188 g/mol. The van der Waals surface area contributed by atoms with E-state index in [1.54, 1.807) is 12.1 Å². The Hall–Kier alpha value is -2.74. The third kappa shape index (κ3) is 1.07. The Bertz CT molecular complexity index is 541. The molecule has 0 spiro atoms. The highest BCUT2D eigenvalue weighted by atomic mass is 16.6. The van der Waals surface area contributed by atoms with E-state index in [9.17, 15) is 0 Å². The molecule has 8 heteroatoms. The van der Waals surface area contributed by atoms with Gasteiger partial charge in [0.1, 0.15) is 12.1 Å². The molecule has 66 valence electrons. The minimum absolute atomic E-state index is 0.0292. The van der Waals surface area contributed by atoms with Crippen molar-refractivity contribution >= 4 is 0 Å². The maximum absolute atomic E-state index is 8.57. The summed E-state index contributed by atoms with van der Waals surface area (Å²) in [6.07, 6.45) is 0. The lowest BCUT2D eigenvalue weighted by Gasteiger charge is -1.79. The number of nitrogens with zero attached hydrogens (tertiary/aromatic N) is 6. The highest BCUT2D eigenvalue weighted by Gasteiger charge is 2.18. The van der Waals surface area contributed by atoms with E-state index in [-0.39, 0.29) is 23.1 Å². The van der Waals surface area contributed by atoms with Crippen molar-refractivity contribution in [3.05, 3.63) is 11.5 Å².